The Hall–Kier alpha value is -0.860. The molecular formula is C16H26O3. The molecule has 2 rings (SSSR count). The van der Waals surface area contributed by atoms with Gasteiger partial charge in [0.2, 0.25) is 0 Å². The molecular weight excluding hydrogens is 240 g/mol. The molecule has 0 saturated heterocycles. The number of hydrogen-bond acceptors (Lipinski definition) is 3. The van der Waals surface area contributed by atoms with Gasteiger partial charge in [-0.15, -0.1) is 0 Å². The molecule has 0 aromatic heterocycles. The Morgan fingerprint density at radius 3 is 1.47 bits per heavy atom. The molecule has 0 amide bonds. The van der Waals surface area contributed by atoms with E-state index >= 15 is 0 Å². The maximum atomic E-state index is 12.1. The molecule has 2 aliphatic rings. The molecule has 0 aromatic rings. The lowest BCUT2D eigenvalue weighted by Crippen LogP contribution is -2.33. The van der Waals surface area contributed by atoms with Gasteiger partial charge >= 0.3 is 11.9 Å². The summed E-state index contributed by atoms with van der Waals surface area (Å²) in [6.45, 7) is 4.19. The van der Waals surface area contributed by atoms with Crippen molar-refractivity contribution in [1.29, 1.82) is 0 Å². The molecule has 4 atom stereocenters. The number of ether oxygens (including phenoxy) is 1. The van der Waals surface area contributed by atoms with E-state index in [0.717, 1.165) is 38.5 Å². The van der Waals surface area contributed by atoms with Crippen molar-refractivity contribution in [3.05, 3.63) is 0 Å². The lowest BCUT2D eigenvalue weighted by molar-refractivity contribution is -0.169. The summed E-state index contributed by atoms with van der Waals surface area (Å²) in [5.41, 5.74) is 0. The van der Waals surface area contributed by atoms with Crippen molar-refractivity contribution in [3.8, 4) is 0 Å². The monoisotopic (exact) mass is 266 g/mol. The highest BCUT2D eigenvalue weighted by atomic mass is 16.6. The molecule has 0 N–H and O–H groups in total. The Morgan fingerprint density at radius 2 is 1.11 bits per heavy atom. The van der Waals surface area contributed by atoms with Gasteiger partial charge in [-0.05, 0) is 37.5 Å². The van der Waals surface area contributed by atoms with Crippen LogP contribution in [-0.2, 0) is 14.3 Å². The Labute approximate surface area is 116 Å². The zero-order chi connectivity index (χ0) is 13.8. The minimum absolute atomic E-state index is 0.0587. The Bertz CT molecular complexity index is 305. The van der Waals surface area contributed by atoms with Crippen LogP contribution in [0.3, 0.4) is 0 Å². The first-order valence-corrected chi connectivity index (χ1v) is 7.85. The highest BCUT2D eigenvalue weighted by Crippen LogP contribution is 2.33. The molecule has 2 fully saturated rings. The van der Waals surface area contributed by atoms with Crippen molar-refractivity contribution < 1.29 is 14.3 Å². The van der Waals surface area contributed by atoms with Crippen LogP contribution in [0.15, 0.2) is 0 Å². The molecule has 3 heteroatoms. The van der Waals surface area contributed by atoms with Crippen LogP contribution in [0.1, 0.15) is 65.2 Å². The summed E-state index contributed by atoms with van der Waals surface area (Å²) in [6, 6.07) is 0. The maximum absolute atomic E-state index is 12.1. The van der Waals surface area contributed by atoms with E-state index in [4.69, 9.17) is 4.74 Å². The van der Waals surface area contributed by atoms with Gasteiger partial charge in [0, 0.05) is 0 Å². The van der Waals surface area contributed by atoms with Gasteiger partial charge in [-0.2, -0.15) is 0 Å². The summed E-state index contributed by atoms with van der Waals surface area (Å²) >= 11 is 0. The third-order valence-corrected chi connectivity index (χ3v) is 5.03. The fourth-order valence-corrected chi connectivity index (χ4v) is 3.58. The minimum Gasteiger partial charge on any atom is -0.393 e. The van der Waals surface area contributed by atoms with Gasteiger partial charge in [0.25, 0.3) is 0 Å². The fourth-order valence-electron chi connectivity index (χ4n) is 3.58. The third-order valence-electron chi connectivity index (χ3n) is 5.03. The van der Waals surface area contributed by atoms with Gasteiger partial charge in [-0.25, -0.2) is 0 Å². The van der Waals surface area contributed by atoms with Crippen LogP contribution in [0.5, 0.6) is 0 Å². The van der Waals surface area contributed by atoms with E-state index in [1.54, 1.807) is 0 Å². The van der Waals surface area contributed by atoms with E-state index in [9.17, 15) is 9.59 Å². The van der Waals surface area contributed by atoms with Gasteiger partial charge in [0.1, 0.15) is 0 Å². The minimum atomic E-state index is -0.269. The van der Waals surface area contributed by atoms with Crippen molar-refractivity contribution in [3.63, 3.8) is 0 Å². The highest BCUT2D eigenvalue weighted by Gasteiger charge is 2.34. The van der Waals surface area contributed by atoms with E-state index in [1.807, 2.05) is 0 Å². The molecule has 3 nitrogen and oxygen atoms in total. The zero-order valence-electron chi connectivity index (χ0n) is 12.2. The van der Waals surface area contributed by atoms with Crippen LogP contribution in [0.4, 0.5) is 0 Å². The first kappa shape index (κ1) is 14.5. The van der Waals surface area contributed by atoms with E-state index in [2.05, 4.69) is 13.8 Å². The van der Waals surface area contributed by atoms with Gasteiger partial charge in [-0.3, -0.25) is 9.59 Å². The predicted octanol–water partition coefficient (Wildman–Crippen LogP) is 3.71. The average Bonchev–Trinajstić information content (AvgIpc) is 2.39. The molecule has 108 valence electrons. The molecule has 19 heavy (non-hydrogen) atoms. The quantitative estimate of drug-likeness (QED) is 0.565. The summed E-state index contributed by atoms with van der Waals surface area (Å²) in [7, 11) is 0. The van der Waals surface area contributed by atoms with Gasteiger partial charge < -0.3 is 4.74 Å². The molecule has 0 unspecified atom stereocenters. The first-order chi connectivity index (χ1) is 9.09. The number of hydrogen-bond donors (Lipinski definition) is 0. The summed E-state index contributed by atoms with van der Waals surface area (Å²) < 4.78 is 5.19. The standard InChI is InChI=1S/C16H26O3/c1-11-7-3-5-9-13(11)15(17)19-16(18)14-10-6-4-8-12(14)2/h11-14H,3-10H2,1-2H3/t11-,12+,13-,14-/m0/s1. The molecule has 0 bridgehead atoms. The van der Waals surface area contributed by atoms with Crippen molar-refractivity contribution in [2.45, 2.75) is 65.2 Å². The first-order valence-electron chi connectivity index (χ1n) is 7.85. The fraction of sp³-hybridized carbons (Fsp3) is 0.875. The Kier molecular flexibility index (Phi) is 5.00. The number of carbonyl (C=O) groups excluding carboxylic acids is 2. The van der Waals surface area contributed by atoms with Crippen LogP contribution in [0.25, 0.3) is 0 Å². The topological polar surface area (TPSA) is 43.4 Å². The van der Waals surface area contributed by atoms with Crippen LogP contribution in [-0.4, -0.2) is 11.9 Å². The average molecular weight is 266 g/mol. The van der Waals surface area contributed by atoms with Crippen LogP contribution >= 0.6 is 0 Å². The van der Waals surface area contributed by atoms with Gasteiger partial charge in [0.15, 0.2) is 0 Å². The van der Waals surface area contributed by atoms with Crippen molar-refractivity contribution in [1.82, 2.24) is 0 Å². The van der Waals surface area contributed by atoms with E-state index in [0.29, 0.717) is 11.8 Å². The third kappa shape index (κ3) is 3.58. The lowest BCUT2D eigenvalue weighted by Gasteiger charge is -2.29. The summed E-state index contributed by atoms with van der Waals surface area (Å²) in [5.74, 6) is 0.0637. The largest absolute Gasteiger partial charge is 0.393 e. The normalized spacial score (nSPS) is 35.7. The SMILES string of the molecule is C[C@@H]1CCCC[C@@H]1C(=O)OC(=O)[C@H]1CCCC[C@@H]1C. The molecule has 0 aromatic carbocycles. The number of rotatable bonds is 2. The van der Waals surface area contributed by atoms with Gasteiger partial charge in [-0.1, -0.05) is 39.5 Å². The summed E-state index contributed by atoms with van der Waals surface area (Å²) in [4.78, 5) is 24.3. The Balaban J connectivity index is 1.88. The molecule has 0 radical (unpaired) electrons. The molecule has 2 saturated carbocycles. The second kappa shape index (κ2) is 6.53. The summed E-state index contributed by atoms with van der Waals surface area (Å²) in [6.07, 6.45) is 8.47. The van der Waals surface area contributed by atoms with Crippen LogP contribution in [0, 0.1) is 23.7 Å². The number of carbonyl (C=O) groups is 2. The van der Waals surface area contributed by atoms with E-state index in [-0.39, 0.29) is 23.8 Å². The smallest absolute Gasteiger partial charge is 0.316 e. The lowest BCUT2D eigenvalue weighted by atomic mass is 9.79. The molecule has 0 aliphatic heterocycles. The second-order valence-corrected chi connectivity index (χ2v) is 6.48. The van der Waals surface area contributed by atoms with E-state index < -0.39 is 0 Å². The van der Waals surface area contributed by atoms with Gasteiger partial charge in [0.05, 0.1) is 11.8 Å². The van der Waals surface area contributed by atoms with Crippen LogP contribution in [0.2, 0.25) is 0 Å². The van der Waals surface area contributed by atoms with Crippen molar-refractivity contribution >= 4 is 11.9 Å². The molecule has 0 spiro atoms. The maximum Gasteiger partial charge on any atom is 0.316 e. The van der Waals surface area contributed by atoms with Crippen molar-refractivity contribution in [2.75, 3.05) is 0 Å². The predicted molar refractivity (Wildman–Crippen MR) is 73.3 cm³/mol. The zero-order valence-corrected chi connectivity index (χ0v) is 12.2. The second-order valence-electron chi connectivity index (χ2n) is 6.48. The van der Waals surface area contributed by atoms with Crippen LogP contribution < -0.4 is 0 Å². The summed E-state index contributed by atoms with van der Waals surface area (Å²) in [5, 5.41) is 0. The number of esters is 2. The van der Waals surface area contributed by atoms with E-state index in [1.165, 1.54) is 12.8 Å². The molecule has 2 aliphatic carbocycles. The molecule has 0 heterocycles. The highest BCUT2D eigenvalue weighted by molar-refractivity contribution is 5.88. The Morgan fingerprint density at radius 1 is 0.737 bits per heavy atom. The van der Waals surface area contributed by atoms with Crippen molar-refractivity contribution in [2.24, 2.45) is 23.7 Å².